The van der Waals surface area contributed by atoms with E-state index in [-0.39, 0.29) is 11.9 Å². The molecule has 0 aliphatic carbocycles. The highest BCUT2D eigenvalue weighted by molar-refractivity contribution is 5.56. The number of hydrogen-bond donors (Lipinski definition) is 1. The van der Waals surface area contributed by atoms with Crippen LogP contribution in [0.2, 0.25) is 0 Å². The normalized spacial score (nSPS) is 11.9. The fourth-order valence-corrected chi connectivity index (χ4v) is 1.95. The standard InChI is InChI=1S/C14H20FN3O/c1-11(17)12-5-3-6-13(15)14(12)18(8-4-7-16)9-10-19-2/h3,5-6,11H,4,8-10,17H2,1-2H3/t11-/m1/s1. The molecule has 4 nitrogen and oxygen atoms in total. The third kappa shape index (κ3) is 4.19. The summed E-state index contributed by atoms with van der Waals surface area (Å²) < 4.78 is 19.1. The van der Waals surface area contributed by atoms with Crippen LogP contribution in [-0.2, 0) is 4.74 Å². The number of methoxy groups -OCH3 is 1. The number of hydrogen-bond acceptors (Lipinski definition) is 4. The molecule has 0 saturated carbocycles. The number of nitrogens with zero attached hydrogens (tertiary/aromatic N) is 2. The van der Waals surface area contributed by atoms with Crippen LogP contribution in [-0.4, -0.2) is 26.8 Å². The Bertz CT molecular complexity index is 443. The monoisotopic (exact) mass is 265 g/mol. The summed E-state index contributed by atoms with van der Waals surface area (Å²) in [5.41, 5.74) is 7.11. The van der Waals surface area contributed by atoms with Gasteiger partial charge in [0, 0.05) is 26.2 Å². The summed E-state index contributed by atoms with van der Waals surface area (Å²) >= 11 is 0. The third-order valence-electron chi connectivity index (χ3n) is 2.88. The van der Waals surface area contributed by atoms with Crippen molar-refractivity contribution in [1.29, 1.82) is 5.26 Å². The molecule has 0 aliphatic heterocycles. The lowest BCUT2D eigenvalue weighted by Gasteiger charge is -2.27. The van der Waals surface area contributed by atoms with E-state index < -0.39 is 0 Å². The predicted molar refractivity (Wildman–Crippen MR) is 73.3 cm³/mol. The average molecular weight is 265 g/mol. The Kier molecular flexibility index (Phi) is 6.26. The molecule has 1 atom stereocenters. The molecule has 104 valence electrons. The molecular formula is C14H20FN3O. The number of benzene rings is 1. The van der Waals surface area contributed by atoms with Gasteiger partial charge in [0.15, 0.2) is 0 Å². The first-order chi connectivity index (χ1) is 9.11. The zero-order valence-electron chi connectivity index (χ0n) is 11.4. The van der Waals surface area contributed by atoms with E-state index in [0.29, 0.717) is 31.8 Å². The van der Waals surface area contributed by atoms with E-state index in [4.69, 9.17) is 15.7 Å². The maximum atomic E-state index is 14.1. The number of para-hydroxylation sites is 1. The van der Waals surface area contributed by atoms with Crippen molar-refractivity contribution in [2.24, 2.45) is 5.73 Å². The van der Waals surface area contributed by atoms with Gasteiger partial charge < -0.3 is 15.4 Å². The minimum atomic E-state index is -0.316. The minimum absolute atomic E-state index is 0.266. The van der Waals surface area contributed by atoms with Crippen molar-refractivity contribution in [3.63, 3.8) is 0 Å². The summed E-state index contributed by atoms with van der Waals surface area (Å²) in [5, 5.41) is 8.71. The van der Waals surface area contributed by atoms with Gasteiger partial charge in [-0.2, -0.15) is 5.26 Å². The zero-order valence-corrected chi connectivity index (χ0v) is 11.4. The predicted octanol–water partition coefficient (Wildman–Crippen LogP) is 2.21. The molecule has 0 radical (unpaired) electrons. The van der Waals surface area contributed by atoms with Crippen molar-refractivity contribution < 1.29 is 9.13 Å². The second-order valence-electron chi connectivity index (χ2n) is 4.35. The van der Waals surface area contributed by atoms with Gasteiger partial charge >= 0.3 is 0 Å². The van der Waals surface area contributed by atoms with Crippen LogP contribution in [0.1, 0.15) is 24.9 Å². The number of anilines is 1. The van der Waals surface area contributed by atoms with E-state index in [1.54, 1.807) is 13.2 Å². The molecule has 0 fully saturated rings. The largest absolute Gasteiger partial charge is 0.383 e. The van der Waals surface area contributed by atoms with Gasteiger partial charge in [-0.05, 0) is 18.6 Å². The molecule has 19 heavy (non-hydrogen) atoms. The molecule has 0 heterocycles. The number of halogens is 1. The Hall–Kier alpha value is -1.64. The lowest BCUT2D eigenvalue weighted by Crippen LogP contribution is -2.30. The van der Waals surface area contributed by atoms with Crippen LogP contribution in [0.3, 0.4) is 0 Å². The van der Waals surface area contributed by atoms with Crippen LogP contribution >= 0.6 is 0 Å². The summed E-state index contributed by atoms with van der Waals surface area (Å²) in [5.74, 6) is -0.316. The Morgan fingerprint density at radius 3 is 2.79 bits per heavy atom. The molecule has 1 aromatic rings. The lowest BCUT2D eigenvalue weighted by molar-refractivity contribution is 0.205. The van der Waals surface area contributed by atoms with E-state index in [2.05, 4.69) is 6.07 Å². The minimum Gasteiger partial charge on any atom is -0.383 e. The van der Waals surface area contributed by atoms with E-state index >= 15 is 0 Å². The van der Waals surface area contributed by atoms with Gasteiger partial charge in [-0.3, -0.25) is 0 Å². The second kappa shape index (κ2) is 7.72. The molecule has 0 bridgehead atoms. The second-order valence-corrected chi connectivity index (χ2v) is 4.35. The summed E-state index contributed by atoms with van der Waals surface area (Å²) in [6.07, 6.45) is 0.330. The van der Waals surface area contributed by atoms with Gasteiger partial charge in [0.05, 0.1) is 24.8 Å². The van der Waals surface area contributed by atoms with Crippen LogP contribution in [0.15, 0.2) is 18.2 Å². The molecule has 2 N–H and O–H groups in total. The Morgan fingerprint density at radius 1 is 1.47 bits per heavy atom. The van der Waals surface area contributed by atoms with E-state index in [1.165, 1.54) is 6.07 Å². The van der Waals surface area contributed by atoms with E-state index in [9.17, 15) is 4.39 Å². The third-order valence-corrected chi connectivity index (χ3v) is 2.88. The zero-order chi connectivity index (χ0) is 14.3. The van der Waals surface area contributed by atoms with Crippen molar-refractivity contribution >= 4 is 5.69 Å². The SMILES string of the molecule is COCCN(CCC#N)c1c(F)cccc1[C@@H](C)N. The maximum Gasteiger partial charge on any atom is 0.146 e. The molecule has 1 aromatic carbocycles. The van der Waals surface area contributed by atoms with Crippen LogP contribution in [0.5, 0.6) is 0 Å². The van der Waals surface area contributed by atoms with Crippen molar-refractivity contribution in [2.45, 2.75) is 19.4 Å². The van der Waals surface area contributed by atoms with Crippen LogP contribution in [0.4, 0.5) is 10.1 Å². The van der Waals surface area contributed by atoms with Crippen LogP contribution < -0.4 is 10.6 Å². The highest BCUT2D eigenvalue weighted by atomic mass is 19.1. The van der Waals surface area contributed by atoms with Crippen molar-refractivity contribution in [3.8, 4) is 6.07 Å². The fourth-order valence-electron chi connectivity index (χ4n) is 1.95. The molecule has 0 saturated heterocycles. The van der Waals surface area contributed by atoms with Gasteiger partial charge in [-0.25, -0.2) is 4.39 Å². The average Bonchev–Trinajstić information content (AvgIpc) is 2.39. The van der Waals surface area contributed by atoms with Gasteiger partial charge in [0.2, 0.25) is 0 Å². The molecule has 0 unspecified atom stereocenters. The summed E-state index contributed by atoms with van der Waals surface area (Å²) in [4.78, 5) is 1.82. The lowest BCUT2D eigenvalue weighted by atomic mass is 10.0. The number of nitriles is 1. The molecular weight excluding hydrogens is 245 g/mol. The smallest absolute Gasteiger partial charge is 0.146 e. The highest BCUT2D eigenvalue weighted by Crippen LogP contribution is 2.28. The van der Waals surface area contributed by atoms with Gasteiger partial charge in [-0.15, -0.1) is 0 Å². The highest BCUT2D eigenvalue weighted by Gasteiger charge is 2.17. The first-order valence-corrected chi connectivity index (χ1v) is 6.26. The van der Waals surface area contributed by atoms with Crippen molar-refractivity contribution in [1.82, 2.24) is 0 Å². The first-order valence-electron chi connectivity index (χ1n) is 6.26. The van der Waals surface area contributed by atoms with Crippen molar-refractivity contribution in [3.05, 3.63) is 29.6 Å². The maximum absolute atomic E-state index is 14.1. The molecule has 0 spiro atoms. The topological polar surface area (TPSA) is 62.3 Å². The summed E-state index contributed by atoms with van der Waals surface area (Å²) in [7, 11) is 1.59. The van der Waals surface area contributed by atoms with Crippen LogP contribution in [0, 0.1) is 17.1 Å². The molecule has 1 rings (SSSR count). The van der Waals surface area contributed by atoms with Gasteiger partial charge in [0.1, 0.15) is 5.82 Å². The Morgan fingerprint density at radius 2 is 2.21 bits per heavy atom. The first kappa shape index (κ1) is 15.4. The van der Waals surface area contributed by atoms with Crippen LogP contribution in [0.25, 0.3) is 0 Å². The fraction of sp³-hybridized carbons (Fsp3) is 0.500. The van der Waals surface area contributed by atoms with Crippen molar-refractivity contribution in [2.75, 3.05) is 31.7 Å². The van der Waals surface area contributed by atoms with E-state index in [1.807, 2.05) is 17.9 Å². The van der Waals surface area contributed by atoms with Gasteiger partial charge in [-0.1, -0.05) is 12.1 Å². The molecule has 0 aliphatic rings. The molecule has 0 aromatic heterocycles. The number of rotatable bonds is 7. The summed E-state index contributed by atoms with van der Waals surface area (Å²) in [6.45, 7) is 3.27. The Balaban J connectivity index is 3.09. The molecule has 0 amide bonds. The van der Waals surface area contributed by atoms with E-state index in [0.717, 1.165) is 5.56 Å². The number of ether oxygens (including phenoxy) is 1. The number of nitrogens with two attached hydrogens (primary N) is 1. The summed E-state index contributed by atoms with van der Waals surface area (Å²) in [6, 6.07) is 6.68. The molecule has 5 heteroatoms. The quantitative estimate of drug-likeness (QED) is 0.821. The van der Waals surface area contributed by atoms with Gasteiger partial charge in [0.25, 0.3) is 0 Å². The Labute approximate surface area is 113 Å².